The van der Waals surface area contributed by atoms with Crippen LogP contribution in [0.25, 0.3) is 0 Å². The average Bonchev–Trinajstić information content (AvgIpc) is 3.33. The lowest BCUT2D eigenvalue weighted by molar-refractivity contribution is -0.114. The second-order valence-corrected chi connectivity index (χ2v) is 7.54. The molecular weight excluding hydrogens is 392 g/mol. The molecular formula is C24H30N4O3. The first-order valence-electron chi connectivity index (χ1n) is 10.8. The van der Waals surface area contributed by atoms with Crippen LogP contribution in [0.1, 0.15) is 47.4 Å². The molecule has 0 aliphatic carbocycles. The summed E-state index contributed by atoms with van der Waals surface area (Å²) in [7, 11) is 0. The van der Waals surface area contributed by atoms with Gasteiger partial charge in [0.25, 0.3) is 11.8 Å². The van der Waals surface area contributed by atoms with E-state index in [0.717, 1.165) is 25.9 Å². The van der Waals surface area contributed by atoms with Crippen LogP contribution in [0.5, 0.6) is 0 Å². The summed E-state index contributed by atoms with van der Waals surface area (Å²) in [6, 6.07) is 14.2. The molecule has 0 saturated carbocycles. The fourth-order valence-corrected chi connectivity index (χ4v) is 3.68. The molecule has 7 nitrogen and oxygen atoms in total. The number of benzene rings is 2. The van der Waals surface area contributed by atoms with Crippen molar-refractivity contribution in [1.29, 1.82) is 0 Å². The van der Waals surface area contributed by atoms with Crippen molar-refractivity contribution in [2.45, 2.75) is 26.7 Å². The van der Waals surface area contributed by atoms with Crippen LogP contribution in [-0.4, -0.2) is 60.2 Å². The van der Waals surface area contributed by atoms with Crippen LogP contribution < -0.4 is 10.6 Å². The molecule has 2 N–H and O–H groups in total. The molecule has 1 saturated heterocycles. The monoisotopic (exact) mass is 422 g/mol. The molecule has 31 heavy (non-hydrogen) atoms. The van der Waals surface area contributed by atoms with E-state index in [9.17, 15) is 14.4 Å². The van der Waals surface area contributed by atoms with Crippen LogP contribution in [0.4, 0.5) is 11.4 Å². The number of rotatable bonds is 8. The van der Waals surface area contributed by atoms with Gasteiger partial charge >= 0.3 is 0 Å². The molecule has 0 radical (unpaired) electrons. The normalized spacial score (nSPS) is 13.0. The molecule has 0 atom stereocenters. The molecule has 0 aromatic heterocycles. The van der Waals surface area contributed by atoms with Crippen LogP contribution in [0.2, 0.25) is 0 Å². The molecule has 7 heteroatoms. The SMILES string of the molecule is CCN(CC)C(=O)c1cccc(NCC(=O)Nc2cccc(C(=O)N3CCCC3)c2)c1. The van der Waals surface area contributed by atoms with E-state index in [0.29, 0.717) is 35.6 Å². The second-order valence-electron chi connectivity index (χ2n) is 7.54. The lowest BCUT2D eigenvalue weighted by atomic mass is 10.1. The van der Waals surface area contributed by atoms with Crippen molar-refractivity contribution in [3.05, 3.63) is 59.7 Å². The van der Waals surface area contributed by atoms with Gasteiger partial charge in [-0.15, -0.1) is 0 Å². The smallest absolute Gasteiger partial charge is 0.253 e. The zero-order chi connectivity index (χ0) is 22.2. The van der Waals surface area contributed by atoms with Crippen molar-refractivity contribution in [3.8, 4) is 0 Å². The van der Waals surface area contributed by atoms with Gasteiger partial charge in [-0.05, 0) is 63.1 Å². The first kappa shape index (κ1) is 22.3. The summed E-state index contributed by atoms with van der Waals surface area (Å²) in [5.74, 6) is -0.259. The van der Waals surface area contributed by atoms with Crippen molar-refractivity contribution >= 4 is 29.1 Å². The Morgan fingerprint density at radius 3 is 2.19 bits per heavy atom. The van der Waals surface area contributed by atoms with Gasteiger partial charge in [-0.25, -0.2) is 0 Å². The Morgan fingerprint density at radius 1 is 0.903 bits per heavy atom. The van der Waals surface area contributed by atoms with E-state index in [4.69, 9.17) is 0 Å². The van der Waals surface area contributed by atoms with Crippen LogP contribution >= 0.6 is 0 Å². The lowest BCUT2D eigenvalue weighted by Crippen LogP contribution is -2.30. The van der Waals surface area contributed by atoms with Crippen LogP contribution in [0.15, 0.2) is 48.5 Å². The summed E-state index contributed by atoms with van der Waals surface area (Å²) in [5.41, 5.74) is 2.45. The Balaban J connectivity index is 1.57. The highest BCUT2D eigenvalue weighted by molar-refractivity contribution is 5.98. The molecule has 1 aliphatic rings. The maximum absolute atomic E-state index is 12.5. The van der Waals surface area contributed by atoms with Crippen molar-refractivity contribution in [2.75, 3.05) is 43.4 Å². The number of nitrogens with zero attached hydrogens (tertiary/aromatic N) is 2. The summed E-state index contributed by atoms with van der Waals surface area (Å²) in [5, 5.41) is 5.88. The Hall–Kier alpha value is -3.35. The van der Waals surface area contributed by atoms with Gasteiger partial charge in [0.15, 0.2) is 0 Å². The van der Waals surface area contributed by atoms with E-state index in [1.54, 1.807) is 47.4 Å². The number of carbonyl (C=O) groups excluding carboxylic acids is 3. The lowest BCUT2D eigenvalue weighted by Gasteiger charge is -2.19. The number of likely N-dealkylation sites (tertiary alicyclic amines) is 1. The molecule has 2 aromatic rings. The third kappa shape index (κ3) is 5.84. The van der Waals surface area contributed by atoms with Gasteiger partial charge in [-0.3, -0.25) is 14.4 Å². The number of hydrogen-bond acceptors (Lipinski definition) is 4. The van der Waals surface area contributed by atoms with E-state index >= 15 is 0 Å². The standard InChI is InChI=1S/C24H30N4O3/c1-3-27(4-2)23(30)18-9-7-11-20(15-18)25-17-22(29)26-21-12-8-10-19(16-21)24(31)28-13-5-6-14-28/h7-12,15-16,25H,3-6,13-14,17H2,1-2H3,(H,26,29). The Labute approximate surface area is 183 Å². The number of hydrogen-bond donors (Lipinski definition) is 2. The molecule has 2 aromatic carbocycles. The molecule has 3 rings (SSSR count). The van der Waals surface area contributed by atoms with Gasteiger partial charge in [0.05, 0.1) is 6.54 Å². The van der Waals surface area contributed by atoms with Crippen LogP contribution in [0, 0.1) is 0 Å². The predicted octanol–water partition coefficient (Wildman–Crippen LogP) is 3.46. The maximum atomic E-state index is 12.5. The fourth-order valence-electron chi connectivity index (χ4n) is 3.68. The van der Waals surface area contributed by atoms with Gasteiger partial charge in [0.2, 0.25) is 5.91 Å². The summed E-state index contributed by atoms with van der Waals surface area (Å²) >= 11 is 0. The highest BCUT2D eigenvalue weighted by atomic mass is 16.2. The first-order chi connectivity index (χ1) is 15.0. The Kier molecular flexibility index (Phi) is 7.65. The van der Waals surface area contributed by atoms with Gasteiger partial charge in [-0.1, -0.05) is 12.1 Å². The molecule has 1 aliphatic heterocycles. The highest BCUT2D eigenvalue weighted by Crippen LogP contribution is 2.17. The van der Waals surface area contributed by atoms with Crippen molar-refractivity contribution in [1.82, 2.24) is 9.80 Å². The average molecular weight is 423 g/mol. The summed E-state index contributed by atoms with van der Waals surface area (Å²) in [6.45, 7) is 6.81. The minimum Gasteiger partial charge on any atom is -0.376 e. The van der Waals surface area contributed by atoms with E-state index in [1.165, 1.54) is 0 Å². The number of anilines is 2. The molecule has 1 fully saturated rings. The van der Waals surface area contributed by atoms with Crippen LogP contribution in [-0.2, 0) is 4.79 Å². The molecule has 0 unspecified atom stereocenters. The minimum absolute atomic E-state index is 0.00130. The quantitative estimate of drug-likeness (QED) is 0.683. The summed E-state index contributed by atoms with van der Waals surface area (Å²) < 4.78 is 0. The molecule has 1 heterocycles. The summed E-state index contributed by atoms with van der Waals surface area (Å²) in [6.07, 6.45) is 2.07. The Morgan fingerprint density at radius 2 is 1.52 bits per heavy atom. The van der Waals surface area contributed by atoms with Crippen molar-refractivity contribution in [3.63, 3.8) is 0 Å². The molecule has 164 valence electrons. The van der Waals surface area contributed by atoms with E-state index in [2.05, 4.69) is 10.6 Å². The predicted molar refractivity (Wildman–Crippen MR) is 122 cm³/mol. The number of carbonyl (C=O) groups is 3. The van der Waals surface area contributed by atoms with Crippen LogP contribution in [0.3, 0.4) is 0 Å². The third-order valence-electron chi connectivity index (χ3n) is 5.40. The third-order valence-corrected chi connectivity index (χ3v) is 5.40. The van der Waals surface area contributed by atoms with Crippen molar-refractivity contribution < 1.29 is 14.4 Å². The van der Waals surface area contributed by atoms with Gasteiger partial charge in [0.1, 0.15) is 0 Å². The second kappa shape index (κ2) is 10.6. The zero-order valence-electron chi connectivity index (χ0n) is 18.2. The van der Waals surface area contributed by atoms with Crippen molar-refractivity contribution in [2.24, 2.45) is 0 Å². The van der Waals surface area contributed by atoms with Gasteiger partial charge < -0.3 is 20.4 Å². The topological polar surface area (TPSA) is 81.8 Å². The summed E-state index contributed by atoms with van der Waals surface area (Å²) in [4.78, 5) is 41.0. The molecule has 0 bridgehead atoms. The number of amides is 3. The van der Waals surface area contributed by atoms with E-state index in [-0.39, 0.29) is 24.3 Å². The number of nitrogens with one attached hydrogen (secondary N) is 2. The fraction of sp³-hybridized carbons (Fsp3) is 0.375. The van der Waals surface area contributed by atoms with E-state index in [1.807, 2.05) is 24.8 Å². The highest BCUT2D eigenvalue weighted by Gasteiger charge is 2.19. The van der Waals surface area contributed by atoms with Gasteiger partial charge in [-0.2, -0.15) is 0 Å². The maximum Gasteiger partial charge on any atom is 0.253 e. The minimum atomic E-state index is -0.230. The van der Waals surface area contributed by atoms with E-state index < -0.39 is 0 Å². The zero-order valence-corrected chi connectivity index (χ0v) is 18.2. The largest absolute Gasteiger partial charge is 0.376 e. The Bertz CT molecular complexity index is 934. The molecule has 3 amide bonds. The molecule has 0 spiro atoms. The van der Waals surface area contributed by atoms with Gasteiger partial charge in [0, 0.05) is 48.7 Å². The first-order valence-corrected chi connectivity index (χ1v) is 10.8.